The van der Waals surface area contributed by atoms with E-state index in [2.05, 4.69) is 5.32 Å². The Labute approximate surface area is 177 Å². The standard InChI is InChI=1S/C21H27ClN2O4S/c1-3-28-20-8-5-4-7-19(20)24(29(2,26)27)16-6-9-21(25)23-15-14-17-10-12-18(22)13-11-17/h4-5,7-8,10-13H,3,6,9,14-16H2,1-2H3,(H,23,25). The zero-order valence-electron chi connectivity index (χ0n) is 16.7. The molecule has 0 aromatic heterocycles. The van der Waals surface area contributed by atoms with Crippen molar-refractivity contribution >= 4 is 33.2 Å². The summed E-state index contributed by atoms with van der Waals surface area (Å²) in [5.41, 5.74) is 1.57. The summed E-state index contributed by atoms with van der Waals surface area (Å²) in [5, 5.41) is 3.54. The number of carbonyl (C=O) groups is 1. The Kier molecular flexibility index (Phi) is 8.79. The molecule has 158 valence electrons. The highest BCUT2D eigenvalue weighted by molar-refractivity contribution is 7.92. The van der Waals surface area contributed by atoms with Crippen molar-refractivity contribution < 1.29 is 17.9 Å². The van der Waals surface area contributed by atoms with Gasteiger partial charge in [-0.05, 0) is 49.6 Å². The van der Waals surface area contributed by atoms with E-state index < -0.39 is 10.0 Å². The van der Waals surface area contributed by atoms with Crippen molar-refractivity contribution in [2.24, 2.45) is 0 Å². The number of nitrogens with one attached hydrogen (secondary N) is 1. The fourth-order valence-corrected chi connectivity index (χ4v) is 3.97. The van der Waals surface area contributed by atoms with Crippen LogP contribution in [0.15, 0.2) is 48.5 Å². The molecular weight excluding hydrogens is 412 g/mol. The van der Waals surface area contributed by atoms with Crippen LogP contribution in [-0.4, -0.2) is 40.3 Å². The Morgan fingerprint density at radius 3 is 2.48 bits per heavy atom. The summed E-state index contributed by atoms with van der Waals surface area (Å²) >= 11 is 5.86. The summed E-state index contributed by atoms with van der Waals surface area (Å²) in [4.78, 5) is 12.1. The lowest BCUT2D eigenvalue weighted by molar-refractivity contribution is -0.121. The van der Waals surface area contributed by atoms with Gasteiger partial charge in [-0.1, -0.05) is 35.9 Å². The number of halogens is 1. The molecule has 0 unspecified atom stereocenters. The van der Waals surface area contributed by atoms with Gasteiger partial charge in [0.2, 0.25) is 15.9 Å². The largest absolute Gasteiger partial charge is 0.492 e. The molecule has 2 rings (SSSR count). The third-order valence-electron chi connectivity index (χ3n) is 4.25. The first-order chi connectivity index (χ1) is 13.8. The van der Waals surface area contributed by atoms with Gasteiger partial charge in [-0.3, -0.25) is 9.10 Å². The molecule has 0 spiro atoms. The van der Waals surface area contributed by atoms with Crippen LogP contribution in [0.4, 0.5) is 5.69 Å². The molecule has 0 saturated heterocycles. The fourth-order valence-electron chi connectivity index (χ4n) is 2.87. The average molecular weight is 439 g/mol. The molecule has 0 heterocycles. The first-order valence-corrected chi connectivity index (χ1v) is 11.7. The molecule has 6 nitrogen and oxygen atoms in total. The summed E-state index contributed by atoms with van der Waals surface area (Å²) in [6, 6.07) is 14.5. The number of hydrogen-bond donors (Lipinski definition) is 1. The molecule has 0 fully saturated rings. The van der Waals surface area contributed by atoms with Crippen LogP contribution in [0.2, 0.25) is 5.02 Å². The Balaban J connectivity index is 1.87. The monoisotopic (exact) mass is 438 g/mol. The molecule has 0 aliphatic heterocycles. The van der Waals surface area contributed by atoms with Gasteiger partial charge in [0.05, 0.1) is 18.6 Å². The van der Waals surface area contributed by atoms with E-state index in [-0.39, 0.29) is 18.9 Å². The van der Waals surface area contributed by atoms with E-state index >= 15 is 0 Å². The molecule has 1 N–H and O–H groups in total. The predicted octanol–water partition coefficient (Wildman–Crippen LogP) is 3.64. The number of carbonyl (C=O) groups excluding carboxylic acids is 1. The SMILES string of the molecule is CCOc1ccccc1N(CCCC(=O)NCCc1ccc(Cl)cc1)S(C)(=O)=O. The number of amides is 1. The van der Waals surface area contributed by atoms with Gasteiger partial charge in [-0.2, -0.15) is 0 Å². The molecule has 0 saturated carbocycles. The molecule has 8 heteroatoms. The van der Waals surface area contributed by atoms with Crippen LogP contribution in [0.1, 0.15) is 25.3 Å². The molecule has 2 aromatic carbocycles. The molecule has 0 aliphatic rings. The Morgan fingerprint density at radius 2 is 1.83 bits per heavy atom. The zero-order chi connectivity index (χ0) is 21.3. The van der Waals surface area contributed by atoms with E-state index in [0.29, 0.717) is 42.5 Å². The fraction of sp³-hybridized carbons (Fsp3) is 0.381. The van der Waals surface area contributed by atoms with Crippen LogP contribution in [0, 0.1) is 0 Å². The van der Waals surface area contributed by atoms with Gasteiger partial charge in [0.1, 0.15) is 5.75 Å². The average Bonchev–Trinajstić information content (AvgIpc) is 2.67. The summed E-state index contributed by atoms with van der Waals surface area (Å²) in [6.45, 7) is 3.00. The molecule has 0 bridgehead atoms. The van der Waals surface area contributed by atoms with Gasteiger partial charge in [-0.15, -0.1) is 0 Å². The lowest BCUT2D eigenvalue weighted by Crippen LogP contribution is -2.32. The van der Waals surface area contributed by atoms with E-state index in [0.717, 1.165) is 11.8 Å². The second-order valence-corrected chi connectivity index (χ2v) is 8.91. The van der Waals surface area contributed by atoms with Crippen molar-refractivity contribution in [3.05, 3.63) is 59.1 Å². The summed E-state index contributed by atoms with van der Waals surface area (Å²) in [5.74, 6) is 0.401. The molecule has 0 radical (unpaired) electrons. The highest BCUT2D eigenvalue weighted by atomic mass is 35.5. The van der Waals surface area contributed by atoms with E-state index in [1.807, 2.05) is 31.2 Å². The van der Waals surface area contributed by atoms with Crippen molar-refractivity contribution in [3.63, 3.8) is 0 Å². The number of sulfonamides is 1. The number of benzene rings is 2. The lowest BCUT2D eigenvalue weighted by Gasteiger charge is -2.24. The van der Waals surface area contributed by atoms with Gasteiger partial charge >= 0.3 is 0 Å². The first kappa shape index (κ1) is 23.0. The topological polar surface area (TPSA) is 75.7 Å². The number of hydrogen-bond acceptors (Lipinski definition) is 4. The van der Waals surface area contributed by atoms with Gasteiger partial charge < -0.3 is 10.1 Å². The lowest BCUT2D eigenvalue weighted by atomic mass is 10.1. The van der Waals surface area contributed by atoms with Gasteiger partial charge in [-0.25, -0.2) is 8.42 Å². The Morgan fingerprint density at radius 1 is 1.14 bits per heavy atom. The number of ether oxygens (including phenoxy) is 1. The molecule has 2 aromatic rings. The van der Waals surface area contributed by atoms with E-state index in [9.17, 15) is 13.2 Å². The summed E-state index contributed by atoms with van der Waals surface area (Å²) < 4.78 is 31.4. The Hall–Kier alpha value is -2.25. The van der Waals surface area contributed by atoms with Crippen molar-refractivity contribution in [2.75, 3.05) is 30.3 Å². The molecule has 29 heavy (non-hydrogen) atoms. The van der Waals surface area contributed by atoms with Crippen molar-refractivity contribution in [3.8, 4) is 5.75 Å². The minimum absolute atomic E-state index is 0.106. The van der Waals surface area contributed by atoms with E-state index in [1.54, 1.807) is 24.3 Å². The maximum absolute atomic E-state index is 12.3. The minimum atomic E-state index is -3.50. The quantitative estimate of drug-likeness (QED) is 0.581. The highest BCUT2D eigenvalue weighted by Gasteiger charge is 2.21. The third-order valence-corrected chi connectivity index (χ3v) is 5.68. The molecule has 1 amide bonds. The molecular formula is C21H27ClN2O4S. The molecule has 0 atom stereocenters. The molecule has 0 aliphatic carbocycles. The minimum Gasteiger partial charge on any atom is -0.492 e. The predicted molar refractivity (Wildman–Crippen MR) is 117 cm³/mol. The third kappa shape index (κ3) is 7.59. The van der Waals surface area contributed by atoms with E-state index in [4.69, 9.17) is 16.3 Å². The second-order valence-electron chi connectivity index (χ2n) is 6.57. The van der Waals surface area contributed by atoms with Crippen LogP contribution in [0.5, 0.6) is 5.75 Å². The van der Waals surface area contributed by atoms with Crippen molar-refractivity contribution in [1.82, 2.24) is 5.32 Å². The van der Waals surface area contributed by atoms with Crippen LogP contribution in [0.3, 0.4) is 0 Å². The van der Waals surface area contributed by atoms with Crippen LogP contribution < -0.4 is 14.4 Å². The number of anilines is 1. The maximum atomic E-state index is 12.3. The van der Waals surface area contributed by atoms with Crippen LogP contribution in [0.25, 0.3) is 0 Å². The zero-order valence-corrected chi connectivity index (χ0v) is 18.3. The maximum Gasteiger partial charge on any atom is 0.232 e. The van der Waals surface area contributed by atoms with Crippen LogP contribution in [-0.2, 0) is 21.2 Å². The van der Waals surface area contributed by atoms with Crippen LogP contribution >= 0.6 is 11.6 Å². The first-order valence-electron chi connectivity index (χ1n) is 9.52. The summed E-state index contributed by atoms with van der Waals surface area (Å²) in [6.07, 6.45) is 2.51. The normalized spacial score (nSPS) is 11.1. The van der Waals surface area contributed by atoms with Gasteiger partial charge in [0.25, 0.3) is 0 Å². The van der Waals surface area contributed by atoms with Crippen molar-refractivity contribution in [1.29, 1.82) is 0 Å². The van der Waals surface area contributed by atoms with E-state index in [1.165, 1.54) is 4.31 Å². The smallest absolute Gasteiger partial charge is 0.232 e. The van der Waals surface area contributed by atoms with Crippen molar-refractivity contribution in [2.45, 2.75) is 26.2 Å². The van der Waals surface area contributed by atoms with Gasteiger partial charge in [0.15, 0.2) is 0 Å². The number of rotatable bonds is 11. The second kappa shape index (κ2) is 11.1. The highest BCUT2D eigenvalue weighted by Crippen LogP contribution is 2.30. The summed E-state index contributed by atoms with van der Waals surface area (Å²) in [7, 11) is -3.50. The number of para-hydroxylation sites is 2. The van der Waals surface area contributed by atoms with Gasteiger partial charge in [0, 0.05) is 24.5 Å². The Bertz CT molecular complexity index is 901. The number of nitrogens with zero attached hydrogens (tertiary/aromatic N) is 1.